The fourth-order valence-corrected chi connectivity index (χ4v) is 4.49. The maximum Gasteiger partial charge on any atom is 0.240 e. The van der Waals surface area contributed by atoms with E-state index in [-0.39, 0.29) is 5.41 Å². The molecular weight excluding hydrogens is 284 g/mol. The Morgan fingerprint density at radius 2 is 2.10 bits per heavy atom. The highest BCUT2D eigenvalue weighted by atomic mass is 32.2. The Bertz CT molecular complexity index is 616. The largest absolute Gasteiger partial charge is 0.385 e. The molecule has 1 aromatic rings. The van der Waals surface area contributed by atoms with Crippen LogP contribution in [0.2, 0.25) is 0 Å². The van der Waals surface area contributed by atoms with Gasteiger partial charge in [-0.1, -0.05) is 13.3 Å². The Morgan fingerprint density at radius 3 is 2.76 bits per heavy atom. The van der Waals surface area contributed by atoms with Crippen LogP contribution in [-0.2, 0) is 16.4 Å². The van der Waals surface area contributed by atoms with Gasteiger partial charge in [-0.05, 0) is 61.3 Å². The zero-order chi connectivity index (χ0) is 14.9. The third kappa shape index (κ3) is 2.94. The molecule has 1 aliphatic carbocycles. The van der Waals surface area contributed by atoms with E-state index in [0.29, 0.717) is 11.4 Å². The van der Waals surface area contributed by atoms with E-state index in [9.17, 15) is 8.42 Å². The van der Waals surface area contributed by atoms with Gasteiger partial charge in [-0.3, -0.25) is 0 Å². The Hall–Kier alpha value is -1.07. The summed E-state index contributed by atoms with van der Waals surface area (Å²) in [7, 11) is -3.39. The number of fused-ring (bicyclic) bond motifs is 1. The molecule has 1 aromatic carbocycles. The van der Waals surface area contributed by atoms with Crippen molar-refractivity contribution in [3.05, 3.63) is 23.8 Å². The summed E-state index contributed by atoms with van der Waals surface area (Å²) in [6.07, 6.45) is 6.55. The second kappa shape index (κ2) is 5.61. The number of sulfonamides is 1. The van der Waals surface area contributed by atoms with Gasteiger partial charge in [-0.15, -0.1) is 0 Å². The van der Waals surface area contributed by atoms with E-state index in [2.05, 4.69) is 17.0 Å². The van der Waals surface area contributed by atoms with Crippen LogP contribution in [-0.4, -0.2) is 21.5 Å². The normalized spacial score (nSPS) is 20.2. The number of hydrogen-bond donors (Lipinski definition) is 2. The van der Waals surface area contributed by atoms with Gasteiger partial charge in [0.2, 0.25) is 10.0 Å². The van der Waals surface area contributed by atoms with Gasteiger partial charge in [0.15, 0.2) is 0 Å². The number of benzene rings is 1. The van der Waals surface area contributed by atoms with E-state index in [1.165, 1.54) is 6.42 Å². The van der Waals surface area contributed by atoms with Crippen molar-refractivity contribution in [1.29, 1.82) is 0 Å². The average Bonchev–Trinajstić information content (AvgIpc) is 2.46. The van der Waals surface area contributed by atoms with Crippen molar-refractivity contribution in [3.63, 3.8) is 0 Å². The lowest BCUT2D eigenvalue weighted by atomic mass is 9.67. The summed E-state index contributed by atoms with van der Waals surface area (Å²) in [5.74, 6) is 0. The first-order valence-corrected chi connectivity index (χ1v) is 9.39. The first-order chi connectivity index (χ1) is 10.0. The summed E-state index contributed by atoms with van der Waals surface area (Å²) in [5.41, 5.74) is 2.38. The van der Waals surface area contributed by atoms with Crippen LogP contribution in [0.1, 0.15) is 44.6 Å². The van der Waals surface area contributed by atoms with Crippen LogP contribution >= 0.6 is 0 Å². The molecule has 0 aromatic heterocycles. The van der Waals surface area contributed by atoms with E-state index < -0.39 is 10.0 Å². The van der Waals surface area contributed by atoms with Crippen molar-refractivity contribution >= 4 is 15.7 Å². The summed E-state index contributed by atoms with van der Waals surface area (Å²) in [5, 5.41) is 3.31. The summed E-state index contributed by atoms with van der Waals surface area (Å²) >= 11 is 0. The summed E-state index contributed by atoms with van der Waals surface area (Å²) < 4.78 is 27.8. The van der Waals surface area contributed by atoms with Crippen molar-refractivity contribution in [2.24, 2.45) is 5.41 Å². The minimum absolute atomic E-state index is 0.197. The van der Waals surface area contributed by atoms with E-state index >= 15 is 0 Å². The topological polar surface area (TPSA) is 58.2 Å². The van der Waals surface area contributed by atoms with Crippen molar-refractivity contribution in [3.8, 4) is 0 Å². The zero-order valence-electron chi connectivity index (χ0n) is 12.6. The van der Waals surface area contributed by atoms with Gasteiger partial charge in [0, 0.05) is 18.8 Å². The molecule has 0 saturated heterocycles. The maximum atomic E-state index is 12.5. The number of aryl methyl sites for hydroxylation is 1. The van der Waals surface area contributed by atoms with Crippen molar-refractivity contribution < 1.29 is 8.42 Å². The van der Waals surface area contributed by atoms with Gasteiger partial charge in [0.1, 0.15) is 0 Å². The lowest BCUT2D eigenvalue weighted by Gasteiger charge is -2.41. The Morgan fingerprint density at radius 1 is 1.29 bits per heavy atom. The highest BCUT2D eigenvalue weighted by Crippen LogP contribution is 2.43. The first-order valence-electron chi connectivity index (χ1n) is 7.91. The van der Waals surface area contributed by atoms with Crippen molar-refractivity contribution in [1.82, 2.24) is 4.72 Å². The fourth-order valence-electron chi connectivity index (χ4n) is 3.28. The van der Waals surface area contributed by atoms with Gasteiger partial charge in [-0.25, -0.2) is 13.1 Å². The molecule has 0 spiro atoms. The molecule has 0 radical (unpaired) electrons. The smallest absolute Gasteiger partial charge is 0.240 e. The molecule has 1 saturated carbocycles. The Kier molecular flexibility index (Phi) is 3.97. The Labute approximate surface area is 127 Å². The third-order valence-electron chi connectivity index (χ3n) is 5.13. The first kappa shape index (κ1) is 14.9. The molecule has 3 rings (SSSR count). The second-order valence-corrected chi connectivity index (χ2v) is 8.15. The van der Waals surface area contributed by atoms with E-state index in [0.717, 1.165) is 49.9 Å². The minimum Gasteiger partial charge on any atom is -0.385 e. The molecule has 2 N–H and O–H groups in total. The van der Waals surface area contributed by atoms with Crippen LogP contribution in [0, 0.1) is 5.41 Å². The molecule has 1 fully saturated rings. The molecule has 0 amide bonds. The molecule has 21 heavy (non-hydrogen) atoms. The fraction of sp³-hybridized carbons (Fsp3) is 0.625. The summed E-state index contributed by atoms with van der Waals surface area (Å²) in [6.45, 7) is 3.69. The van der Waals surface area contributed by atoms with Gasteiger partial charge in [-0.2, -0.15) is 0 Å². The zero-order valence-corrected chi connectivity index (χ0v) is 13.4. The second-order valence-electron chi connectivity index (χ2n) is 6.38. The highest BCUT2D eigenvalue weighted by molar-refractivity contribution is 7.89. The number of rotatable bonds is 5. The van der Waals surface area contributed by atoms with Crippen LogP contribution in [0.4, 0.5) is 5.69 Å². The predicted octanol–water partition coefficient (Wildman–Crippen LogP) is 2.90. The van der Waals surface area contributed by atoms with Gasteiger partial charge in [0.05, 0.1) is 4.90 Å². The van der Waals surface area contributed by atoms with Gasteiger partial charge < -0.3 is 5.32 Å². The molecule has 4 nitrogen and oxygen atoms in total. The summed E-state index contributed by atoms with van der Waals surface area (Å²) in [6, 6.07) is 5.42. The van der Waals surface area contributed by atoms with Crippen LogP contribution in [0.15, 0.2) is 23.1 Å². The average molecular weight is 308 g/mol. The minimum atomic E-state index is -3.39. The lowest BCUT2D eigenvalue weighted by molar-refractivity contribution is 0.133. The Balaban J connectivity index is 1.75. The number of anilines is 1. The van der Waals surface area contributed by atoms with Crippen LogP contribution in [0.3, 0.4) is 0 Å². The van der Waals surface area contributed by atoms with Crippen molar-refractivity contribution in [2.75, 3.05) is 18.4 Å². The van der Waals surface area contributed by atoms with E-state index in [1.807, 2.05) is 12.1 Å². The molecule has 1 heterocycles. The van der Waals surface area contributed by atoms with Crippen molar-refractivity contribution in [2.45, 2.75) is 50.3 Å². The molecule has 1 aliphatic heterocycles. The molecule has 116 valence electrons. The standard InChI is InChI=1S/C16H24N2O2S/c1-2-16(8-4-9-16)12-18-21(19,20)14-6-7-15-13(11-14)5-3-10-17-15/h6-7,11,17-18H,2-5,8-10,12H2,1H3. The maximum absolute atomic E-state index is 12.5. The SMILES string of the molecule is CCC1(CNS(=O)(=O)c2ccc3c(c2)CCCN3)CCC1. The molecule has 0 atom stereocenters. The van der Waals surface area contributed by atoms with E-state index in [4.69, 9.17) is 0 Å². The highest BCUT2D eigenvalue weighted by Gasteiger charge is 2.36. The molecule has 0 unspecified atom stereocenters. The quantitative estimate of drug-likeness (QED) is 0.879. The van der Waals surface area contributed by atoms with Gasteiger partial charge >= 0.3 is 0 Å². The van der Waals surface area contributed by atoms with Crippen LogP contribution < -0.4 is 10.0 Å². The van der Waals surface area contributed by atoms with E-state index in [1.54, 1.807) is 6.07 Å². The molecule has 2 aliphatic rings. The molecule has 0 bridgehead atoms. The van der Waals surface area contributed by atoms with Gasteiger partial charge in [0.25, 0.3) is 0 Å². The molecular formula is C16H24N2O2S. The lowest BCUT2D eigenvalue weighted by Crippen LogP contribution is -2.41. The summed E-state index contributed by atoms with van der Waals surface area (Å²) in [4.78, 5) is 0.399. The third-order valence-corrected chi connectivity index (χ3v) is 6.53. The molecule has 5 heteroatoms. The van der Waals surface area contributed by atoms with Crippen LogP contribution in [0.5, 0.6) is 0 Å². The predicted molar refractivity (Wildman–Crippen MR) is 85.0 cm³/mol. The van der Waals surface area contributed by atoms with Crippen LogP contribution in [0.25, 0.3) is 0 Å². The number of nitrogens with one attached hydrogen (secondary N) is 2. The number of hydrogen-bond acceptors (Lipinski definition) is 3. The monoisotopic (exact) mass is 308 g/mol.